The number of hydrogen-bond donors (Lipinski definition) is 1. The van der Waals surface area contributed by atoms with Gasteiger partial charge in [-0.2, -0.15) is 0 Å². The van der Waals surface area contributed by atoms with Gasteiger partial charge in [-0.25, -0.2) is 0 Å². The maximum Gasteiger partial charge on any atom is 0.139 e. The third-order valence-electron chi connectivity index (χ3n) is 9.28. The van der Waals surface area contributed by atoms with Gasteiger partial charge in [0.15, 0.2) is 0 Å². The fraction of sp³-hybridized carbons (Fsp3) is 0.720. The number of benzene rings is 1. The van der Waals surface area contributed by atoms with E-state index in [9.17, 15) is 4.79 Å². The zero-order valence-electron chi connectivity index (χ0n) is 16.7. The summed E-state index contributed by atoms with van der Waals surface area (Å²) in [6.07, 6.45) is 10.9. The van der Waals surface area contributed by atoms with E-state index in [4.69, 9.17) is 0 Å². The molecule has 7 atom stereocenters. The lowest BCUT2D eigenvalue weighted by Gasteiger charge is -2.66. The molecule has 2 heteroatoms. The minimum Gasteiger partial charge on any atom is -0.314 e. The second-order valence-electron chi connectivity index (χ2n) is 11.5. The van der Waals surface area contributed by atoms with E-state index in [2.05, 4.69) is 42.6 Å². The predicted molar refractivity (Wildman–Crippen MR) is 107 cm³/mol. The molecule has 0 radical (unpaired) electrons. The SMILES string of the molecule is CC12CC3CC(C(=O)CC4CC5CC4CN5)(C1)CC(c1ccccc1)(C3)C2. The number of hydrogen-bond acceptors (Lipinski definition) is 2. The van der Waals surface area contributed by atoms with Gasteiger partial charge >= 0.3 is 0 Å². The summed E-state index contributed by atoms with van der Waals surface area (Å²) in [6.45, 7) is 3.66. The average Bonchev–Trinajstić information content (AvgIpc) is 3.23. The Morgan fingerprint density at radius 1 is 1.07 bits per heavy atom. The summed E-state index contributed by atoms with van der Waals surface area (Å²) < 4.78 is 0. The molecule has 7 rings (SSSR count). The van der Waals surface area contributed by atoms with Crippen molar-refractivity contribution < 1.29 is 4.79 Å². The van der Waals surface area contributed by atoms with Crippen molar-refractivity contribution in [1.29, 1.82) is 0 Å². The third kappa shape index (κ3) is 2.44. The van der Waals surface area contributed by atoms with Gasteiger partial charge in [0.1, 0.15) is 5.78 Å². The van der Waals surface area contributed by atoms with Crippen LogP contribution >= 0.6 is 0 Å². The molecule has 1 aromatic carbocycles. The Labute approximate surface area is 163 Å². The predicted octanol–water partition coefficient (Wildman–Crippen LogP) is 4.87. The van der Waals surface area contributed by atoms with Gasteiger partial charge in [-0.15, -0.1) is 0 Å². The van der Waals surface area contributed by atoms with E-state index in [0.29, 0.717) is 23.2 Å². The lowest BCUT2D eigenvalue weighted by Crippen LogP contribution is -2.60. The van der Waals surface area contributed by atoms with E-state index < -0.39 is 0 Å². The van der Waals surface area contributed by atoms with E-state index in [0.717, 1.165) is 31.2 Å². The number of carbonyl (C=O) groups is 1. The lowest BCUT2D eigenvalue weighted by atomic mass is 9.38. The molecule has 1 aliphatic heterocycles. The highest BCUT2D eigenvalue weighted by Gasteiger charge is 2.64. The van der Waals surface area contributed by atoms with Gasteiger partial charge in [0.2, 0.25) is 0 Å². The first-order valence-electron chi connectivity index (χ1n) is 11.3. The molecule has 27 heavy (non-hydrogen) atoms. The average molecular weight is 364 g/mol. The Morgan fingerprint density at radius 3 is 2.63 bits per heavy atom. The first-order valence-corrected chi connectivity index (χ1v) is 11.3. The number of Topliss-reactive ketones (excluding diaryl/α,β-unsaturated/α-hetero) is 1. The Hall–Kier alpha value is -1.15. The van der Waals surface area contributed by atoms with Gasteiger partial charge in [0, 0.05) is 17.9 Å². The Bertz CT molecular complexity index is 774. The van der Waals surface area contributed by atoms with Crippen LogP contribution in [0.2, 0.25) is 0 Å². The molecule has 5 saturated carbocycles. The Kier molecular flexibility index (Phi) is 3.40. The molecule has 0 aromatic heterocycles. The molecule has 1 N–H and O–H groups in total. The second kappa shape index (κ2) is 5.47. The van der Waals surface area contributed by atoms with Crippen LogP contribution in [0.5, 0.6) is 0 Å². The molecule has 1 heterocycles. The van der Waals surface area contributed by atoms with Crippen LogP contribution in [0.15, 0.2) is 30.3 Å². The summed E-state index contributed by atoms with van der Waals surface area (Å²) >= 11 is 0. The number of piperidine rings is 1. The summed E-state index contributed by atoms with van der Waals surface area (Å²) in [5.74, 6) is 2.84. The summed E-state index contributed by atoms with van der Waals surface area (Å²) in [5.41, 5.74) is 2.14. The zero-order valence-corrected chi connectivity index (χ0v) is 16.7. The van der Waals surface area contributed by atoms with Crippen molar-refractivity contribution in [2.75, 3.05) is 6.54 Å². The van der Waals surface area contributed by atoms with Crippen molar-refractivity contribution in [3.63, 3.8) is 0 Å². The highest BCUT2D eigenvalue weighted by Crippen LogP contribution is 2.70. The quantitative estimate of drug-likeness (QED) is 0.827. The fourth-order valence-electron chi connectivity index (χ4n) is 9.00. The molecule has 1 aromatic rings. The summed E-state index contributed by atoms with van der Waals surface area (Å²) in [6, 6.07) is 11.9. The van der Waals surface area contributed by atoms with E-state index in [-0.39, 0.29) is 10.8 Å². The minimum absolute atomic E-state index is 0.0146. The number of ketones is 1. The summed E-state index contributed by atoms with van der Waals surface area (Å²) in [4.78, 5) is 13.8. The Balaban J connectivity index is 1.33. The van der Waals surface area contributed by atoms with Crippen LogP contribution in [0.25, 0.3) is 0 Å². The summed E-state index contributed by atoms with van der Waals surface area (Å²) in [5, 5.41) is 3.62. The monoisotopic (exact) mass is 363 g/mol. The molecule has 144 valence electrons. The molecule has 2 nitrogen and oxygen atoms in total. The van der Waals surface area contributed by atoms with Gasteiger partial charge < -0.3 is 5.32 Å². The first kappa shape index (κ1) is 16.8. The zero-order chi connectivity index (χ0) is 18.3. The fourth-order valence-corrected chi connectivity index (χ4v) is 9.00. The molecular weight excluding hydrogens is 330 g/mol. The summed E-state index contributed by atoms with van der Waals surface area (Å²) in [7, 11) is 0. The maximum atomic E-state index is 13.8. The van der Waals surface area contributed by atoms with Crippen LogP contribution in [0.3, 0.4) is 0 Å². The van der Waals surface area contributed by atoms with Crippen LogP contribution in [0, 0.1) is 28.6 Å². The van der Waals surface area contributed by atoms with E-state index in [1.54, 1.807) is 0 Å². The molecule has 7 unspecified atom stereocenters. The van der Waals surface area contributed by atoms with Crippen molar-refractivity contribution in [3.8, 4) is 0 Å². The topological polar surface area (TPSA) is 29.1 Å². The number of nitrogens with one attached hydrogen (secondary N) is 1. The molecule has 0 spiro atoms. The molecule has 6 fully saturated rings. The first-order chi connectivity index (χ1) is 13.0. The molecular formula is C25H33NO. The van der Waals surface area contributed by atoms with Crippen LogP contribution in [-0.2, 0) is 10.2 Å². The van der Waals surface area contributed by atoms with Gasteiger partial charge in [-0.1, -0.05) is 37.3 Å². The Morgan fingerprint density at radius 2 is 1.93 bits per heavy atom. The molecule has 5 aliphatic carbocycles. The third-order valence-corrected chi connectivity index (χ3v) is 9.28. The molecule has 1 saturated heterocycles. The smallest absolute Gasteiger partial charge is 0.139 e. The van der Waals surface area contributed by atoms with Gasteiger partial charge in [0.25, 0.3) is 0 Å². The van der Waals surface area contributed by atoms with E-state index in [1.807, 2.05) is 0 Å². The molecule has 0 amide bonds. The van der Waals surface area contributed by atoms with Crippen LogP contribution < -0.4 is 5.32 Å². The van der Waals surface area contributed by atoms with Crippen molar-refractivity contribution in [3.05, 3.63) is 35.9 Å². The number of fused-ring (bicyclic) bond motifs is 2. The highest BCUT2D eigenvalue weighted by molar-refractivity contribution is 5.86. The van der Waals surface area contributed by atoms with Crippen molar-refractivity contribution in [1.82, 2.24) is 5.32 Å². The lowest BCUT2D eigenvalue weighted by molar-refractivity contribution is -0.159. The van der Waals surface area contributed by atoms with Gasteiger partial charge in [0.05, 0.1) is 0 Å². The van der Waals surface area contributed by atoms with E-state index in [1.165, 1.54) is 50.5 Å². The number of carbonyl (C=O) groups excluding carboxylic acids is 1. The second-order valence-corrected chi connectivity index (χ2v) is 11.5. The normalized spacial score (nSPS) is 49.7. The highest BCUT2D eigenvalue weighted by atomic mass is 16.1. The van der Waals surface area contributed by atoms with E-state index >= 15 is 0 Å². The van der Waals surface area contributed by atoms with Crippen LogP contribution in [0.1, 0.15) is 70.3 Å². The van der Waals surface area contributed by atoms with Crippen molar-refractivity contribution in [2.45, 2.75) is 76.2 Å². The minimum atomic E-state index is -0.0146. The van der Waals surface area contributed by atoms with Crippen molar-refractivity contribution >= 4 is 5.78 Å². The van der Waals surface area contributed by atoms with Crippen molar-refractivity contribution in [2.24, 2.45) is 28.6 Å². The largest absolute Gasteiger partial charge is 0.314 e. The molecule has 6 aliphatic rings. The standard InChI is InChI=1S/C25H33NO/c1-23-10-17-11-24(14-23,20-5-3-2-4-6-20)16-25(12-17,15-23)22(27)9-18-7-21-8-19(18)13-26-21/h2-6,17-19,21,26H,7-16H2,1H3. The molecule has 6 bridgehead atoms. The van der Waals surface area contributed by atoms with Gasteiger partial charge in [-0.3, -0.25) is 4.79 Å². The number of rotatable bonds is 4. The van der Waals surface area contributed by atoms with Crippen LogP contribution in [0.4, 0.5) is 0 Å². The van der Waals surface area contributed by atoms with Gasteiger partial charge in [-0.05, 0) is 92.1 Å². The maximum absolute atomic E-state index is 13.8. The van der Waals surface area contributed by atoms with Crippen LogP contribution in [-0.4, -0.2) is 18.4 Å².